The van der Waals surface area contributed by atoms with Crippen LogP contribution in [0.5, 0.6) is 0 Å². The van der Waals surface area contributed by atoms with Crippen LogP contribution >= 0.6 is 0 Å². The molecule has 1 saturated heterocycles. The number of carbonyl (C=O) groups excluding carboxylic acids is 1. The van der Waals surface area contributed by atoms with Gasteiger partial charge in [0, 0.05) is 36.8 Å². The lowest BCUT2D eigenvalue weighted by molar-refractivity contribution is 0.0568. The minimum atomic E-state index is -3.24. The molecule has 2 fully saturated rings. The van der Waals surface area contributed by atoms with Gasteiger partial charge in [-0.3, -0.25) is 9.78 Å². The van der Waals surface area contributed by atoms with E-state index in [1.807, 2.05) is 72.5 Å². The Kier molecular flexibility index (Phi) is 6.40. The quantitative estimate of drug-likeness (QED) is 0.480. The Morgan fingerprint density at radius 2 is 1.79 bits per heavy atom. The van der Waals surface area contributed by atoms with E-state index in [1.54, 1.807) is 10.5 Å². The average Bonchev–Trinajstić information content (AvgIpc) is 3.48. The number of unbranched alkanes of at least 4 members (excludes halogenated alkanes) is 1. The van der Waals surface area contributed by atoms with Crippen LogP contribution < -0.4 is 0 Å². The van der Waals surface area contributed by atoms with E-state index in [-0.39, 0.29) is 29.7 Å². The lowest BCUT2D eigenvalue weighted by Crippen LogP contribution is -2.50. The van der Waals surface area contributed by atoms with E-state index in [9.17, 15) is 13.2 Å². The second-order valence-corrected chi connectivity index (χ2v) is 11.6. The normalized spacial score (nSPS) is 22.3. The molecule has 1 aliphatic carbocycles. The molecule has 178 valence electrons. The summed E-state index contributed by atoms with van der Waals surface area (Å²) in [6.45, 7) is 3.01. The Balaban J connectivity index is 1.42. The fraction of sp³-hybridized carbons (Fsp3) is 0.407. The number of nitrogens with zero attached hydrogens (tertiary/aromatic N) is 3. The van der Waals surface area contributed by atoms with Gasteiger partial charge in [-0.05, 0) is 42.2 Å². The Morgan fingerprint density at radius 3 is 2.50 bits per heavy atom. The molecule has 1 aromatic heterocycles. The molecule has 6 nitrogen and oxygen atoms in total. The molecular weight excluding hydrogens is 446 g/mol. The van der Waals surface area contributed by atoms with Gasteiger partial charge in [0.1, 0.15) is 5.69 Å². The van der Waals surface area contributed by atoms with Gasteiger partial charge in [-0.15, -0.1) is 0 Å². The zero-order valence-electron chi connectivity index (χ0n) is 19.5. The minimum absolute atomic E-state index is 0.00333. The van der Waals surface area contributed by atoms with Crippen molar-refractivity contribution in [1.82, 2.24) is 14.2 Å². The number of piperidine rings is 1. The Hall–Kier alpha value is -2.77. The van der Waals surface area contributed by atoms with Crippen LogP contribution in [-0.4, -0.2) is 52.9 Å². The van der Waals surface area contributed by atoms with Crippen LogP contribution in [0.3, 0.4) is 0 Å². The number of carbonyl (C=O) groups is 1. The van der Waals surface area contributed by atoms with Gasteiger partial charge in [0.05, 0.1) is 5.75 Å². The number of rotatable bonds is 8. The van der Waals surface area contributed by atoms with E-state index in [1.165, 1.54) is 0 Å². The topological polar surface area (TPSA) is 70.6 Å². The second-order valence-electron chi connectivity index (χ2n) is 9.53. The van der Waals surface area contributed by atoms with Crippen molar-refractivity contribution >= 4 is 26.7 Å². The molecule has 1 saturated carbocycles. The van der Waals surface area contributed by atoms with Crippen molar-refractivity contribution in [3.8, 4) is 0 Å². The van der Waals surface area contributed by atoms with Crippen LogP contribution in [0.25, 0.3) is 10.8 Å². The smallest absolute Gasteiger partial charge is 0.273 e. The lowest BCUT2D eigenvalue weighted by atomic mass is 10.00. The van der Waals surface area contributed by atoms with Gasteiger partial charge < -0.3 is 4.90 Å². The fourth-order valence-electron chi connectivity index (χ4n) is 5.52. The molecule has 0 radical (unpaired) electrons. The molecule has 3 atom stereocenters. The van der Waals surface area contributed by atoms with E-state index < -0.39 is 10.0 Å². The molecular formula is C27H31N3O3S. The predicted molar refractivity (Wildman–Crippen MR) is 134 cm³/mol. The third-order valence-electron chi connectivity index (χ3n) is 7.27. The van der Waals surface area contributed by atoms with Crippen molar-refractivity contribution < 1.29 is 13.2 Å². The molecule has 1 amide bonds. The van der Waals surface area contributed by atoms with E-state index in [4.69, 9.17) is 0 Å². The molecule has 3 unspecified atom stereocenters. The van der Waals surface area contributed by atoms with Crippen molar-refractivity contribution in [3.05, 3.63) is 78.1 Å². The van der Waals surface area contributed by atoms with Gasteiger partial charge in [-0.25, -0.2) is 8.42 Å². The first kappa shape index (κ1) is 23.0. The SMILES string of the molecule is CCCCS(=O)(=O)N1CC2CC1CC2N(Cc1ccccc1)C(=O)c1cc2ccccc2cn1. The summed E-state index contributed by atoms with van der Waals surface area (Å²) in [5.74, 6) is 0.271. The van der Waals surface area contributed by atoms with Crippen molar-refractivity contribution in [2.24, 2.45) is 5.92 Å². The largest absolute Gasteiger partial charge is 0.330 e. The third-order valence-corrected chi connectivity index (χ3v) is 9.24. The van der Waals surface area contributed by atoms with Crippen molar-refractivity contribution in [2.45, 2.75) is 51.2 Å². The minimum Gasteiger partial charge on any atom is -0.330 e. The number of amides is 1. The first-order chi connectivity index (χ1) is 16.5. The molecule has 5 rings (SSSR count). The predicted octanol–water partition coefficient (Wildman–Crippen LogP) is 4.47. The molecule has 2 heterocycles. The number of benzene rings is 2. The number of aromatic nitrogens is 1. The molecule has 3 aromatic rings. The van der Waals surface area contributed by atoms with Gasteiger partial charge in [0.25, 0.3) is 5.91 Å². The molecule has 0 spiro atoms. The van der Waals surface area contributed by atoms with Gasteiger partial charge in [0.15, 0.2) is 0 Å². The summed E-state index contributed by atoms with van der Waals surface area (Å²) in [5, 5.41) is 1.99. The van der Waals surface area contributed by atoms with Crippen LogP contribution in [0, 0.1) is 5.92 Å². The highest BCUT2D eigenvalue weighted by molar-refractivity contribution is 7.89. The summed E-state index contributed by atoms with van der Waals surface area (Å²) in [4.78, 5) is 20.2. The van der Waals surface area contributed by atoms with E-state index in [2.05, 4.69) is 4.98 Å². The van der Waals surface area contributed by atoms with Gasteiger partial charge >= 0.3 is 0 Å². The van der Waals surface area contributed by atoms with Crippen LogP contribution in [-0.2, 0) is 16.6 Å². The Morgan fingerprint density at radius 1 is 1.06 bits per heavy atom. The third kappa shape index (κ3) is 4.46. The van der Waals surface area contributed by atoms with Crippen molar-refractivity contribution in [1.29, 1.82) is 0 Å². The molecule has 1 aliphatic heterocycles. The zero-order chi connectivity index (χ0) is 23.7. The number of pyridine rings is 1. The van der Waals surface area contributed by atoms with Crippen LogP contribution in [0.1, 0.15) is 48.7 Å². The first-order valence-electron chi connectivity index (χ1n) is 12.2. The molecule has 2 aliphatic rings. The van der Waals surface area contributed by atoms with Gasteiger partial charge in [0.2, 0.25) is 10.0 Å². The molecule has 7 heteroatoms. The van der Waals surface area contributed by atoms with Crippen molar-refractivity contribution in [2.75, 3.05) is 12.3 Å². The maximum Gasteiger partial charge on any atom is 0.273 e. The highest BCUT2D eigenvalue weighted by Crippen LogP contribution is 2.43. The van der Waals surface area contributed by atoms with E-state index in [0.717, 1.165) is 29.2 Å². The fourth-order valence-corrected chi connectivity index (χ4v) is 7.45. The Labute approximate surface area is 201 Å². The van der Waals surface area contributed by atoms with Crippen molar-refractivity contribution in [3.63, 3.8) is 0 Å². The van der Waals surface area contributed by atoms with Crippen LogP contribution in [0.4, 0.5) is 0 Å². The highest BCUT2D eigenvalue weighted by atomic mass is 32.2. The van der Waals surface area contributed by atoms with E-state index >= 15 is 0 Å². The summed E-state index contributed by atoms with van der Waals surface area (Å²) in [5.41, 5.74) is 1.50. The summed E-state index contributed by atoms with van der Waals surface area (Å²) in [7, 11) is -3.24. The average molecular weight is 478 g/mol. The number of hydrogen-bond acceptors (Lipinski definition) is 4. The van der Waals surface area contributed by atoms with E-state index in [0.29, 0.717) is 31.6 Å². The Bertz CT molecular complexity index is 1280. The molecule has 0 N–H and O–H groups in total. The summed E-state index contributed by atoms with van der Waals surface area (Å²) < 4.78 is 27.4. The zero-order valence-corrected chi connectivity index (χ0v) is 20.3. The summed E-state index contributed by atoms with van der Waals surface area (Å²) >= 11 is 0. The summed E-state index contributed by atoms with van der Waals surface area (Å²) in [6, 6.07) is 19.7. The monoisotopic (exact) mass is 477 g/mol. The van der Waals surface area contributed by atoms with Crippen LogP contribution in [0.15, 0.2) is 66.9 Å². The maximum atomic E-state index is 13.8. The number of hydrogen-bond donors (Lipinski definition) is 0. The molecule has 34 heavy (non-hydrogen) atoms. The maximum absolute atomic E-state index is 13.8. The highest BCUT2D eigenvalue weighted by Gasteiger charge is 2.51. The van der Waals surface area contributed by atoms with Gasteiger partial charge in [-0.2, -0.15) is 4.31 Å². The standard InChI is InChI=1S/C27H31N3O3S/c1-2-3-13-34(32,33)30-19-23-14-24(30)16-26(23)29(18-20-9-5-4-6-10-20)27(31)25-15-21-11-7-8-12-22(21)17-28-25/h4-12,15,17,23-24,26H,2-3,13-14,16,18-19H2,1H3. The molecule has 2 bridgehead atoms. The number of fused-ring (bicyclic) bond motifs is 3. The summed E-state index contributed by atoms with van der Waals surface area (Å²) in [6.07, 6.45) is 4.81. The van der Waals surface area contributed by atoms with Crippen LogP contribution in [0.2, 0.25) is 0 Å². The lowest BCUT2D eigenvalue weighted by Gasteiger charge is -2.38. The second kappa shape index (κ2) is 9.47. The number of sulfonamides is 1. The first-order valence-corrected chi connectivity index (χ1v) is 13.8. The molecule has 2 aromatic carbocycles. The van der Waals surface area contributed by atoms with Gasteiger partial charge in [-0.1, -0.05) is 67.9 Å².